The van der Waals surface area contributed by atoms with Crippen LogP contribution in [0.3, 0.4) is 0 Å². The Morgan fingerprint density at radius 1 is 1.67 bits per heavy atom. The molecule has 0 N–H and O–H groups in total. The van der Waals surface area contributed by atoms with Gasteiger partial charge in [-0.25, -0.2) is 4.98 Å². The topological polar surface area (TPSA) is 27.1 Å². The molecular formula is C8H14N2OS. The molecule has 12 heavy (non-hydrogen) atoms. The van der Waals surface area contributed by atoms with E-state index in [1.807, 2.05) is 17.7 Å². The molecule has 1 aromatic heterocycles. The van der Waals surface area contributed by atoms with E-state index in [0.717, 1.165) is 18.1 Å². The largest absolute Gasteiger partial charge is 0.360 e. The highest BCUT2D eigenvalue weighted by Gasteiger charge is 1.92. The van der Waals surface area contributed by atoms with E-state index >= 15 is 0 Å². The Balaban J connectivity index is 2.15. The number of ether oxygens (including phenoxy) is 1. The van der Waals surface area contributed by atoms with Gasteiger partial charge in [0.15, 0.2) is 0 Å². The van der Waals surface area contributed by atoms with E-state index in [1.54, 1.807) is 18.1 Å². The summed E-state index contributed by atoms with van der Waals surface area (Å²) in [5.41, 5.74) is 1.03. The SMILES string of the molecule is CSCCOCn1cnc(C)c1. The van der Waals surface area contributed by atoms with Crippen molar-refractivity contribution in [2.75, 3.05) is 18.6 Å². The molecule has 0 aliphatic heterocycles. The number of hydrogen-bond donors (Lipinski definition) is 0. The molecule has 4 heteroatoms. The molecule has 0 radical (unpaired) electrons. The Bertz CT molecular complexity index is 225. The second kappa shape index (κ2) is 5.22. The first kappa shape index (κ1) is 9.61. The van der Waals surface area contributed by atoms with Gasteiger partial charge in [-0.3, -0.25) is 0 Å². The molecule has 3 nitrogen and oxygen atoms in total. The molecule has 0 amide bonds. The minimum absolute atomic E-state index is 0.612. The van der Waals surface area contributed by atoms with Gasteiger partial charge in [-0.2, -0.15) is 11.8 Å². The Morgan fingerprint density at radius 2 is 2.50 bits per heavy atom. The molecule has 1 aromatic rings. The fourth-order valence-electron chi connectivity index (χ4n) is 0.855. The fraction of sp³-hybridized carbons (Fsp3) is 0.625. The van der Waals surface area contributed by atoms with Gasteiger partial charge in [0.05, 0.1) is 18.6 Å². The van der Waals surface area contributed by atoms with Crippen LogP contribution in [0.25, 0.3) is 0 Å². The van der Waals surface area contributed by atoms with Gasteiger partial charge in [-0.05, 0) is 13.2 Å². The maximum absolute atomic E-state index is 5.38. The number of imidazole rings is 1. The summed E-state index contributed by atoms with van der Waals surface area (Å²) in [5.74, 6) is 1.05. The van der Waals surface area contributed by atoms with E-state index in [-0.39, 0.29) is 0 Å². The van der Waals surface area contributed by atoms with Gasteiger partial charge in [0, 0.05) is 11.9 Å². The summed E-state index contributed by atoms with van der Waals surface area (Å²) in [6.45, 7) is 3.39. The molecule has 0 aromatic carbocycles. The van der Waals surface area contributed by atoms with Crippen LogP contribution >= 0.6 is 11.8 Å². The maximum Gasteiger partial charge on any atom is 0.123 e. The zero-order valence-electron chi connectivity index (χ0n) is 7.49. The minimum atomic E-state index is 0.612. The molecule has 0 atom stereocenters. The van der Waals surface area contributed by atoms with Crippen LogP contribution in [0.4, 0.5) is 0 Å². The summed E-state index contributed by atoms with van der Waals surface area (Å²) in [4.78, 5) is 4.09. The molecule has 0 saturated carbocycles. The van der Waals surface area contributed by atoms with Crippen LogP contribution in [0.2, 0.25) is 0 Å². The van der Waals surface area contributed by atoms with Crippen LogP contribution in [-0.2, 0) is 11.5 Å². The highest BCUT2D eigenvalue weighted by molar-refractivity contribution is 7.98. The smallest absolute Gasteiger partial charge is 0.123 e. The van der Waals surface area contributed by atoms with Crippen molar-refractivity contribution < 1.29 is 4.74 Å². The molecule has 0 fully saturated rings. The lowest BCUT2D eigenvalue weighted by molar-refractivity contribution is 0.0898. The fourth-order valence-corrected chi connectivity index (χ4v) is 1.14. The van der Waals surface area contributed by atoms with Gasteiger partial charge in [0.2, 0.25) is 0 Å². The first-order valence-corrected chi connectivity index (χ1v) is 5.27. The summed E-state index contributed by atoms with van der Waals surface area (Å²) in [7, 11) is 0. The predicted molar refractivity (Wildman–Crippen MR) is 51.3 cm³/mol. The minimum Gasteiger partial charge on any atom is -0.360 e. The van der Waals surface area contributed by atoms with Gasteiger partial charge < -0.3 is 9.30 Å². The van der Waals surface area contributed by atoms with E-state index < -0.39 is 0 Å². The van der Waals surface area contributed by atoms with E-state index in [0.29, 0.717) is 6.73 Å². The Kier molecular flexibility index (Phi) is 4.18. The van der Waals surface area contributed by atoms with Gasteiger partial charge in [0.25, 0.3) is 0 Å². The van der Waals surface area contributed by atoms with Crippen molar-refractivity contribution in [3.05, 3.63) is 18.2 Å². The van der Waals surface area contributed by atoms with Gasteiger partial charge in [-0.15, -0.1) is 0 Å². The van der Waals surface area contributed by atoms with Crippen molar-refractivity contribution in [2.24, 2.45) is 0 Å². The third-order valence-corrected chi connectivity index (χ3v) is 2.01. The van der Waals surface area contributed by atoms with Crippen LogP contribution in [0, 0.1) is 6.92 Å². The Morgan fingerprint density at radius 3 is 3.08 bits per heavy atom. The summed E-state index contributed by atoms with van der Waals surface area (Å²) < 4.78 is 7.32. The number of nitrogens with zero attached hydrogens (tertiary/aromatic N) is 2. The number of rotatable bonds is 5. The van der Waals surface area contributed by atoms with Crippen LogP contribution in [0.15, 0.2) is 12.5 Å². The normalized spacial score (nSPS) is 10.5. The lowest BCUT2D eigenvalue weighted by Gasteiger charge is -2.02. The Hall–Kier alpha value is -0.480. The first-order chi connectivity index (χ1) is 5.83. The third-order valence-electron chi connectivity index (χ3n) is 1.43. The van der Waals surface area contributed by atoms with E-state index in [4.69, 9.17) is 4.74 Å². The van der Waals surface area contributed by atoms with Crippen molar-refractivity contribution in [2.45, 2.75) is 13.7 Å². The van der Waals surface area contributed by atoms with Crippen molar-refractivity contribution in [1.82, 2.24) is 9.55 Å². The van der Waals surface area contributed by atoms with Crippen LogP contribution < -0.4 is 0 Å². The monoisotopic (exact) mass is 186 g/mol. The van der Waals surface area contributed by atoms with Crippen molar-refractivity contribution in [3.8, 4) is 0 Å². The lowest BCUT2D eigenvalue weighted by atomic mass is 10.6. The molecule has 0 saturated heterocycles. The molecule has 0 bridgehead atoms. The number of aryl methyl sites for hydroxylation is 1. The van der Waals surface area contributed by atoms with Crippen LogP contribution in [0.5, 0.6) is 0 Å². The zero-order valence-corrected chi connectivity index (χ0v) is 8.30. The molecule has 1 rings (SSSR count). The third kappa shape index (κ3) is 3.28. The zero-order chi connectivity index (χ0) is 8.81. The van der Waals surface area contributed by atoms with Gasteiger partial charge in [0.1, 0.15) is 6.73 Å². The van der Waals surface area contributed by atoms with E-state index in [2.05, 4.69) is 11.2 Å². The molecule has 0 unspecified atom stereocenters. The van der Waals surface area contributed by atoms with Crippen molar-refractivity contribution in [3.63, 3.8) is 0 Å². The van der Waals surface area contributed by atoms with E-state index in [1.165, 1.54) is 0 Å². The van der Waals surface area contributed by atoms with Gasteiger partial charge >= 0.3 is 0 Å². The average molecular weight is 186 g/mol. The highest BCUT2D eigenvalue weighted by atomic mass is 32.2. The van der Waals surface area contributed by atoms with Crippen molar-refractivity contribution in [1.29, 1.82) is 0 Å². The average Bonchev–Trinajstić information content (AvgIpc) is 2.45. The first-order valence-electron chi connectivity index (χ1n) is 3.88. The second-order valence-corrected chi connectivity index (χ2v) is 3.55. The standard InChI is InChI=1S/C8H14N2OS/c1-8-5-10(6-9-8)7-11-3-4-12-2/h5-6H,3-4,7H2,1-2H3. The quantitative estimate of drug-likeness (QED) is 0.652. The van der Waals surface area contributed by atoms with E-state index in [9.17, 15) is 0 Å². The maximum atomic E-state index is 5.38. The summed E-state index contributed by atoms with van der Waals surface area (Å²) in [6.07, 6.45) is 5.83. The molecule has 0 aliphatic carbocycles. The highest BCUT2D eigenvalue weighted by Crippen LogP contribution is 1.95. The summed E-state index contributed by atoms with van der Waals surface area (Å²) in [6, 6.07) is 0. The molecule has 68 valence electrons. The number of thioether (sulfide) groups is 1. The lowest BCUT2D eigenvalue weighted by Crippen LogP contribution is -2.02. The van der Waals surface area contributed by atoms with Crippen LogP contribution in [-0.4, -0.2) is 28.2 Å². The molecule has 1 heterocycles. The molecule has 0 spiro atoms. The number of aromatic nitrogens is 2. The molecular weight excluding hydrogens is 172 g/mol. The summed E-state index contributed by atoms with van der Waals surface area (Å²) >= 11 is 1.79. The van der Waals surface area contributed by atoms with Crippen molar-refractivity contribution >= 4 is 11.8 Å². The second-order valence-electron chi connectivity index (χ2n) is 2.56. The summed E-state index contributed by atoms with van der Waals surface area (Å²) in [5, 5.41) is 0. The predicted octanol–water partition coefficient (Wildman–Crippen LogP) is 1.53. The number of hydrogen-bond acceptors (Lipinski definition) is 3. The Labute approximate surface area is 77.1 Å². The van der Waals surface area contributed by atoms with Gasteiger partial charge in [-0.1, -0.05) is 0 Å². The van der Waals surface area contributed by atoms with Crippen LogP contribution in [0.1, 0.15) is 5.69 Å². The molecule has 0 aliphatic rings.